The zero-order valence-electron chi connectivity index (χ0n) is 13.9. The van der Waals surface area contributed by atoms with E-state index in [-0.39, 0.29) is 6.42 Å². The minimum atomic E-state index is -0.764. The van der Waals surface area contributed by atoms with Crippen molar-refractivity contribution in [2.75, 3.05) is 0 Å². The summed E-state index contributed by atoms with van der Waals surface area (Å²) >= 11 is 0. The van der Waals surface area contributed by atoms with Gasteiger partial charge in [0.2, 0.25) is 0 Å². The number of aromatic nitrogens is 2. The Labute approximate surface area is 123 Å². The molecule has 0 fully saturated rings. The molecule has 1 aromatic heterocycles. The lowest BCUT2D eigenvalue weighted by molar-refractivity contribution is -0.137. The van der Waals surface area contributed by atoms with Gasteiger partial charge in [-0.25, -0.2) is 0 Å². The average Bonchev–Trinajstić information content (AvgIpc) is 2.81. The number of hydrogen-bond donors (Lipinski definition) is 1. The Morgan fingerprint density at radius 1 is 1.35 bits per heavy atom. The van der Waals surface area contributed by atoms with E-state index in [4.69, 9.17) is 5.11 Å². The highest BCUT2D eigenvalue weighted by atomic mass is 16.4. The minimum absolute atomic E-state index is 0.150. The van der Waals surface area contributed by atoms with Gasteiger partial charge in [0, 0.05) is 5.69 Å². The quantitative estimate of drug-likeness (QED) is 0.914. The number of carboxylic acid groups (broad SMARTS) is 1. The van der Waals surface area contributed by atoms with Gasteiger partial charge in [-0.05, 0) is 30.2 Å². The van der Waals surface area contributed by atoms with Crippen LogP contribution in [0.4, 0.5) is 0 Å². The van der Waals surface area contributed by atoms with Crippen molar-refractivity contribution in [3.63, 3.8) is 0 Å². The number of carboxylic acids is 1. The fourth-order valence-electron chi connectivity index (χ4n) is 2.34. The van der Waals surface area contributed by atoms with Crippen LogP contribution < -0.4 is 0 Å². The molecular weight excluding hydrogens is 252 g/mol. The van der Waals surface area contributed by atoms with Crippen molar-refractivity contribution in [1.82, 2.24) is 9.78 Å². The number of carbonyl (C=O) groups is 1. The Morgan fingerprint density at radius 3 is 2.50 bits per heavy atom. The van der Waals surface area contributed by atoms with E-state index in [0.717, 1.165) is 19.3 Å². The number of rotatable bonds is 3. The lowest BCUT2D eigenvalue weighted by Gasteiger charge is -2.29. The van der Waals surface area contributed by atoms with E-state index in [0.29, 0.717) is 12.0 Å². The summed E-state index contributed by atoms with van der Waals surface area (Å²) in [6.07, 6.45) is 5.27. The monoisotopic (exact) mass is 282 g/mol. The van der Waals surface area contributed by atoms with Gasteiger partial charge in [-0.15, -0.1) is 0 Å². The fourth-order valence-corrected chi connectivity index (χ4v) is 2.34. The van der Waals surface area contributed by atoms with Crippen LogP contribution >= 0.6 is 0 Å². The number of nitrogens with zero attached hydrogens (tertiary/aromatic N) is 2. The number of fused-ring (bicyclic) bond motifs is 1. The van der Waals surface area contributed by atoms with E-state index >= 15 is 0 Å². The zero-order valence-corrected chi connectivity index (χ0v) is 13.9. The third-order valence-electron chi connectivity index (χ3n) is 3.28. The molecule has 1 N–H and O–H groups in total. The van der Waals surface area contributed by atoms with E-state index in [2.05, 4.69) is 18.9 Å². The highest BCUT2D eigenvalue weighted by Crippen LogP contribution is 2.34. The van der Waals surface area contributed by atoms with Crippen molar-refractivity contribution in [2.45, 2.75) is 73.8 Å². The third-order valence-corrected chi connectivity index (χ3v) is 3.28. The van der Waals surface area contributed by atoms with Gasteiger partial charge < -0.3 is 5.11 Å². The summed E-state index contributed by atoms with van der Waals surface area (Å²) in [7, 11) is 0. The van der Waals surface area contributed by atoms with Gasteiger partial charge in [-0.2, -0.15) is 5.10 Å². The van der Waals surface area contributed by atoms with Crippen molar-refractivity contribution in [1.29, 1.82) is 0 Å². The Morgan fingerprint density at radius 2 is 1.95 bits per heavy atom. The van der Waals surface area contributed by atoms with Crippen LogP contribution in [0.5, 0.6) is 0 Å². The van der Waals surface area contributed by atoms with Gasteiger partial charge in [0.15, 0.2) is 0 Å². The Hall–Kier alpha value is -1.32. The highest BCUT2D eigenvalue weighted by molar-refractivity contribution is 5.66. The largest absolute Gasteiger partial charge is 0.481 e. The van der Waals surface area contributed by atoms with Crippen molar-refractivity contribution < 1.29 is 9.90 Å². The predicted molar refractivity (Wildman–Crippen MR) is 83.0 cm³/mol. The van der Waals surface area contributed by atoms with Gasteiger partial charge in [0.25, 0.3) is 0 Å². The van der Waals surface area contributed by atoms with Gasteiger partial charge in [-0.1, -0.05) is 41.5 Å². The maximum atomic E-state index is 10.5. The molecule has 0 amide bonds. The second-order valence-electron chi connectivity index (χ2n) is 5.32. The van der Waals surface area contributed by atoms with E-state index in [1.165, 1.54) is 11.3 Å². The van der Waals surface area contributed by atoms with Gasteiger partial charge in [0.1, 0.15) is 0 Å². The smallest absolute Gasteiger partial charge is 0.305 e. The number of aliphatic carboxylic acids is 1. The topological polar surface area (TPSA) is 55.1 Å². The molecule has 1 aliphatic carbocycles. The summed E-state index contributed by atoms with van der Waals surface area (Å²) in [5, 5.41) is 12.9. The molecule has 1 aliphatic rings. The van der Waals surface area contributed by atoms with Gasteiger partial charge >= 0.3 is 5.97 Å². The van der Waals surface area contributed by atoms with Crippen LogP contribution in [0.2, 0.25) is 0 Å². The molecule has 0 saturated heterocycles. The molecule has 0 bridgehead atoms. The SMILES string of the molecule is CC.CC.CC1(C)CCc2c(cnn2CCC(=O)O)C1. The highest BCUT2D eigenvalue weighted by Gasteiger charge is 2.27. The summed E-state index contributed by atoms with van der Waals surface area (Å²) in [5.74, 6) is -0.764. The van der Waals surface area contributed by atoms with E-state index in [9.17, 15) is 4.79 Å². The molecule has 116 valence electrons. The molecule has 0 aromatic carbocycles. The molecule has 0 unspecified atom stereocenters. The molecule has 0 atom stereocenters. The van der Waals surface area contributed by atoms with Crippen LogP contribution in [0.1, 0.15) is 65.6 Å². The van der Waals surface area contributed by atoms with Crippen LogP contribution in [-0.4, -0.2) is 20.9 Å². The van der Waals surface area contributed by atoms with Gasteiger partial charge in [0.05, 0.1) is 19.2 Å². The molecule has 2 rings (SSSR count). The maximum absolute atomic E-state index is 10.5. The Bertz CT molecular complexity index is 409. The first-order valence-electron chi connectivity index (χ1n) is 7.73. The predicted octanol–water partition coefficient (Wildman–Crippen LogP) is 3.93. The van der Waals surface area contributed by atoms with Crippen LogP contribution in [-0.2, 0) is 24.2 Å². The molecule has 0 spiro atoms. The first-order valence-corrected chi connectivity index (χ1v) is 7.73. The first kappa shape index (κ1) is 18.7. The Balaban J connectivity index is 0.000000829. The van der Waals surface area contributed by atoms with Crippen molar-refractivity contribution in [3.8, 4) is 0 Å². The van der Waals surface area contributed by atoms with Crippen molar-refractivity contribution in [3.05, 3.63) is 17.5 Å². The summed E-state index contributed by atoms with van der Waals surface area (Å²) in [6.45, 7) is 13.0. The first-order chi connectivity index (χ1) is 9.48. The lowest BCUT2D eigenvalue weighted by atomic mass is 9.77. The second kappa shape index (κ2) is 8.77. The van der Waals surface area contributed by atoms with E-state index in [1.807, 2.05) is 38.6 Å². The van der Waals surface area contributed by atoms with Crippen LogP contribution in [0.25, 0.3) is 0 Å². The van der Waals surface area contributed by atoms with Crippen molar-refractivity contribution >= 4 is 5.97 Å². The van der Waals surface area contributed by atoms with Crippen LogP contribution in [0, 0.1) is 5.41 Å². The molecular formula is C16H30N2O2. The molecule has 0 radical (unpaired) electrons. The minimum Gasteiger partial charge on any atom is -0.481 e. The zero-order chi connectivity index (χ0) is 15.8. The number of hydrogen-bond acceptors (Lipinski definition) is 2. The van der Waals surface area contributed by atoms with Crippen LogP contribution in [0.15, 0.2) is 6.20 Å². The lowest BCUT2D eigenvalue weighted by Crippen LogP contribution is -2.23. The fraction of sp³-hybridized carbons (Fsp3) is 0.750. The van der Waals surface area contributed by atoms with Gasteiger partial charge in [-0.3, -0.25) is 9.48 Å². The molecule has 1 heterocycles. The summed E-state index contributed by atoms with van der Waals surface area (Å²) in [6, 6.07) is 0. The standard InChI is InChI=1S/C12H18N2O2.2C2H6/c1-12(2)5-3-10-9(7-12)8-13-14(10)6-4-11(15)16;2*1-2/h8H,3-7H2,1-2H3,(H,15,16);2*1-2H3. The molecule has 20 heavy (non-hydrogen) atoms. The van der Waals surface area contributed by atoms with Crippen LogP contribution in [0.3, 0.4) is 0 Å². The summed E-state index contributed by atoms with van der Waals surface area (Å²) in [5.41, 5.74) is 2.88. The maximum Gasteiger partial charge on any atom is 0.305 e. The Kier molecular flexibility index (Phi) is 8.19. The average molecular weight is 282 g/mol. The van der Waals surface area contributed by atoms with E-state index < -0.39 is 5.97 Å². The second-order valence-corrected chi connectivity index (χ2v) is 5.32. The normalized spacial score (nSPS) is 15.1. The molecule has 4 heteroatoms. The molecule has 4 nitrogen and oxygen atoms in total. The molecule has 0 aliphatic heterocycles. The molecule has 1 aromatic rings. The summed E-state index contributed by atoms with van der Waals surface area (Å²) in [4.78, 5) is 10.5. The third kappa shape index (κ3) is 5.35. The van der Waals surface area contributed by atoms with E-state index in [1.54, 1.807) is 0 Å². The molecule has 0 saturated carbocycles. The summed E-state index contributed by atoms with van der Waals surface area (Å²) < 4.78 is 1.86. The number of aryl methyl sites for hydroxylation is 1. The van der Waals surface area contributed by atoms with Crippen molar-refractivity contribution in [2.24, 2.45) is 5.41 Å².